The molecule has 9 heteroatoms. The minimum Gasteiger partial charge on any atom is -0.507 e. The number of hydrogen-bond donors (Lipinski definition) is 2. The average molecular weight is 469 g/mol. The first kappa shape index (κ1) is 21.8. The monoisotopic (exact) mass is 468 g/mol. The highest BCUT2D eigenvalue weighted by Gasteiger charge is 2.46. The van der Waals surface area contributed by atoms with Gasteiger partial charge in [-0.1, -0.05) is 41.9 Å². The Balaban J connectivity index is 1.90. The van der Waals surface area contributed by atoms with Crippen molar-refractivity contribution in [1.29, 1.82) is 0 Å². The first-order chi connectivity index (χ1) is 15.2. The Hall–Kier alpha value is -3.46. The summed E-state index contributed by atoms with van der Waals surface area (Å²) in [7, 11) is -3.93. The molecule has 1 saturated heterocycles. The van der Waals surface area contributed by atoms with Gasteiger partial charge in [-0.15, -0.1) is 0 Å². The molecule has 1 heterocycles. The molecule has 1 unspecified atom stereocenters. The summed E-state index contributed by atoms with van der Waals surface area (Å²) in [5, 5.41) is 16.6. The van der Waals surface area contributed by atoms with E-state index in [1.807, 2.05) is 0 Å². The molecule has 0 spiro atoms. The van der Waals surface area contributed by atoms with Crippen molar-refractivity contribution >= 4 is 44.8 Å². The van der Waals surface area contributed by atoms with Gasteiger partial charge in [0.1, 0.15) is 5.76 Å². The molecule has 162 valence electrons. The van der Waals surface area contributed by atoms with Gasteiger partial charge in [0.2, 0.25) is 10.0 Å². The number of aliphatic hydroxyl groups excluding tert-OH is 1. The van der Waals surface area contributed by atoms with Crippen LogP contribution in [0.3, 0.4) is 0 Å². The van der Waals surface area contributed by atoms with Crippen molar-refractivity contribution in [3.05, 3.63) is 101 Å². The molecule has 3 N–H and O–H groups in total. The number of Topliss-reactive ketones (excluding diaryl/α,β-unsaturated/α-hetero) is 1. The van der Waals surface area contributed by atoms with E-state index < -0.39 is 27.8 Å². The van der Waals surface area contributed by atoms with Crippen LogP contribution in [0.15, 0.2) is 89.3 Å². The van der Waals surface area contributed by atoms with Crippen LogP contribution in [-0.4, -0.2) is 25.2 Å². The number of benzene rings is 3. The summed E-state index contributed by atoms with van der Waals surface area (Å²) in [6, 6.07) is 19.4. The van der Waals surface area contributed by atoms with E-state index in [9.17, 15) is 23.1 Å². The van der Waals surface area contributed by atoms with Crippen molar-refractivity contribution in [3.63, 3.8) is 0 Å². The van der Waals surface area contributed by atoms with E-state index in [0.29, 0.717) is 16.1 Å². The fourth-order valence-electron chi connectivity index (χ4n) is 3.61. The predicted molar refractivity (Wildman–Crippen MR) is 120 cm³/mol. The minimum absolute atomic E-state index is 0.0842. The van der Waals surface area contributed by atoms with Crippen LogP contribution in [0.4, 0.5) is 5.69 Å². The molecule has 0 aromatic heterocycles. The number of aliphatic hydroxyl groups is 1. The number of nitrogens with two attached hydrogens (primary N) is 1. The maximum Gasteiger partial charge on any atom is 0.300 e. The van der Waals surface area contributed by atoms with Crippen molar-refractivity contribution in [2.75, 3.05) is 4.90 Å². The normalized spacial score (nSPS) is 18.2. The van der Waals surface area contributed by atoms with Gasteiger partial charge in [0.15, 0.2) is 0 Å². The lowest BCUT2D eigenvalue weighted by Crippen LogP contribution is -2.29. The van der Waals surface area contributed by atoms with Crippen molar-refractivity contribution in [3.8, 4) is 0 Å². The predicted octanol–water partition coefficient (Wildman–Crippen LogP) is 3.61. The number of ketones is 1. The summed E-state index contributed by atoms with van der Waals surface area (Å²) in [5.74, 6) is -2.04. The van der Waals surface area contributed by atoms with Crippen molar-refractivity contribution in [1.82, 2.24) is 0 Å². The molecule has 1 aliphatic rings. The Kier molecular flexibility index (Phi) is 5.60. The maximum absolute atomic E-state index is 13.0. The van der Waals surface area contributed by atoms with Gasteiger partial charge >= 0.3 is 0 Å². The molecule has 0 bridgehead atoms. The number of carbonyl (C=O) groups is 2. The zero-order chi connectivity index (χ0) is 23.0. The summed E-state index contributed by atoms with van der Waals surface area (Å²) in [6.45, 7) is 0. The first-order valence-corrected chi connectivity index (χ1v) is 11.4. The summed E-state index contributed by atoms with van der Waals surface area (Å²) >= 11 is 5.92. The topological polar surface area (TPSA) is 118 Å². The number of rotatable bonds is 4. The Labute approximate surface area is 189 Å². The highest BCUT2D eigenvalue weighted by Crippen LogP contribution is 2.42. The van der Waals surface area contributed by atoms with Crippen molar-refractivity contribution in [2.45, 2.75) is 10.9 Å². The summed E-state index contributed by atoms with van der Waals surface area (Å²) < 4.78 is 23.2. The van der Waals surface area contributed by atoms with Crippen LogP contribution in [0.25, 0.3) is 5.76 Å². The van der Waals surface area contributed by atoms with E-state index in [0.717, 1.165) is 0 Å². The lowest BCUT2D eigenvalue weighted by Gasteiger charge is -2.25. The van der Waals surface area contributed by atoms with E-state index in [4.69, 9.17) is 16.7 Å². The maximum atomic E-state index is 13.0. The Morgan fingerprint density at radius 2 is 1.50 bits per heavy atom. The number of hydrogen-bond acceptors (Lipinski definition) is 5. The highest BCUT2D eigenvalue weighted by molar-refractivity contribution is 7.89. The van der Waals surface area contributed by atoms with E-state index in [1.54, 1.807) is 54.6 Å². The molecule has 3 aromatic carbocycles. The number of nitrogens with zero attached hydrogens (tertiary/aromatic N) is 1. The second-order valence-corrected chi connectivity index (χ2v) is 9.12. The zero-order valence-electron chi connectivity index (χ0n) is 16.5. The molecule has 7 nitrogen and oxygen atoms in total. The Morgan fingerprint density at radius 1 is 0.906 bits per heavy atom. The van der Waals surface area contributed by atoms with E-state index in [2.05, 4.69) is 0 Å². The number of halogens is 1. The van der Waals surface area contributed by atoms with Gasteiger partial charge in [-0.25, -0.2) is 13.6 Å². The van der Waals surface area contributed by atoms with E-state index in [1.165, 1.54) is 29.2 Å². The second-order valence-electron chi connectivity index (χ2n) is 7.13. The molecular weight excluding hydrogens is 452 g/mol. The van der Waals surface area contributed by atoms with Crippen LogP contribution in [0.2, 0.25) is 5.02 Å². The smallest absolute Gasteiger partial charge is 0.300 e. The molecule has 0 aliphatic carbocycles. The molecule has 1 aliphatic heterocycles. The first-order valence-electron chi connectivity index (χ1n) is 9.43. The minimum atomic E-state index is -3.93. The quantitative estimate of drug-likeness (QED) is 0.344. The van der Waals surface area contributed by atoms with Crippen LogP contribution in [0.1, 0.15) is 17.2 Å². The lowest BCUT2D eigenvalue weighted by molar-refractivity contribution is -0.132. The van der Waals surface area contributed by atoms with Crippen LogP contribution >= 0.6 is 11.6 Å². The van der Waals surface area contributed by atoms with Gasteiger partial charge < -0.3 is 5.11 Å². The zero-order valence-corrected chi connectivity index (χ0v) is 18.0. The van der Waals surface area contributed by atoms with Gasteiger partial charge in [0.25, 0.3) is 11.7 Å². The fraction of sp³-hybridized carbons (Fsp3) is 0.0435. The number of anilines is 1. The highest BCUT2D eigenvalue weighted by atomic mass is 35.5. The third-order valence-corrected chi connectivity index (χ3v) is 6.30. The van der Waals surface area contributed by atoms with Gasteiger partial charge in [-0.05, 0) is 54.1 Å². The van der Waals surface area contributed by atoms with Crippen LogP contribution in [-0.2, 0) is 19.6 Å². The Morgan fingerprint density at radius 3 is 2.06 bits per heavy atom. The third kappa shape index (κ3) is 3.91. The molecule has 32 heavy (non-hydrogen) atoms. The summed E-state index contributed by atoms with van der Waals surface area (Å²) in [6.07, 6.45) is 0. The number of carbonyl (C=O) groups excluding carboxylic acids is 2. The van der Waals surface area contributed by atoms with Gasteiger partial charge in [0, 0.05) is 16.3 Å². The third-order valence-electron chi connectivity index (χ3n) is 5.12. The molecule has 0 saturated carbocycles. The van der Waals surface area contributed by atoms with Crippen LogP contribution in [0, 0.1) is 0 Å². The van der Waals surface area contributed by atoms with Gasteiger partial charge in [0.05, 0.1) is 16.5 Å². The molecule has 4 rings (SSSR count). The number of sulfonamides is 1. The van der Waals surface area contributed by atoms with Crippen molar-refractivity contribution < 1.29 is 23.1 Å². The fourth-order valence-corrected chi connectivity index (χ4v) is 4.25. The standard InChI is InChI=1S/C23H17ClN2O5S/c24-16-8-6-15(7-9-16)21(27)19-20(14-4-2-1-3-5-14)26(23(29)22(19)28)17-10-12-18(13-11-17)32(25,30)31/h1-13,20,27H,(H2,25,30,31)/b21-19-. The largest absolute Gasteiger partial charge is 0.507 e. The van der Waals surface area contributed by atoms with E-state index >= 15 is 0 Å². The molecule has 1 fully saturated rings. The van der Waals surface area contributed by atoms with Crippen LogP contribution in [0.5, 0.6) is 0 Å². The average Bonchev–Trinajstić information content (AvgIpc) is 3.04. The second kappa shape index (κ2) is 8.23. The van der Waals surface area contributed by atoms with Crippen molar-refractivity contribution in [2.24, 2.45) is 5.14 Å². The molecular formula is C23H17ClN2O5S. The van der Waals surface area contributed by atoms with Crippen LogP contribution < -0.4 is 10.0 Å². The molecule has 1 atom stereocenters. The number of amides is 1. The molecule has 0 radical (unpaired) electrons. The SMILES string of the molecule is NS(=O)(=O)c1ccc(N2C(=O)C(=O)/C(=C(\O)c3ccc(Cl)cc3)C2c2ccccc2)cc1. The molecule has 1 amide bonds. The summed E-state index contributed by atoms with van der Waals surface area (Å²) in [4.78, 5) is 27.2. The van der Waals surface area contributed by atoms with Gasteiger partial charge in [-0.2, -0.15) is 0 Å². The van der Waals surface area contributed by atoms with E-state index in [-0.39, 0.29) is 21.9 Å². The Bertz CT molecular complexity index is 1340. The lowest BCUT2D eigenvalue weighted by atomic mass is 9.95. The molecule has 3 aromatic rings. The number of primary sulfonamides is 1. The van der Waals surface area contributed by atoms with Gasteiger partial charge in [-0.3, -0.25) is 14.5 Å². The summed E-state index contributed by atoms with van der Waals surface area (Å²) in [5.41, 5.74) is 1.12.